The Kier molecular flexibility index (Phi) is 5.82. The molecule has 1 saturated heterocycles. The molecule has 1 aliphatic rings. The first-order valence-corrected chi connectivity index (χ1v) is 9.28. The molecule has 0 bridgehead atoms. The van der Waals surface area contributed by atoms with Crippen LogP contribution in [0.5, 0.6) is 0 Å². The van der Waals surface area contributed by atoms with Crippen LogP contribution >= 0.6 is 23.2 Å². The highest BCUT2D eigenvalue weighted by molar-refractivity contribution is 6.36. The molecule has 0 radical (unpaired) electrons. The zero-order chi connectivity index (χ0) is 19.6. The van der Waals surface area contributed by atoms with Crippen molar-refractivity contribution in [3.63, 3.8) is 0 Å². The number of amides is 3. The number of anilines is 1. The predicted molar refractivity (Wildman–Crippen MR) is 105 cm³/mol. The molecular formula is C20H18Cl2N2O3. The third-order valence-corrected chi connectivity index (χ3v) is 5.25. The summed E-state index contributed by atoms with van der Waals surface area (Å²) in [6.07, 6.45) is 0.699. The minimum atomic E-state index is -0.515. The molecule has 3 rings (SSSR count). The van der Waals surface area contributed by atoms with Crippen molar-refractivity contribution in [2.75, 3.05) is 5.32 Å². The molecule has 2 aromatic rings. The van der Waals surface area contributed by atoms with Crippen molar-refractivity contribution in [2.24, 2.45) is 5.92 Å². The van der Waals surface area contributed by atoms with Crippen molar-refractivity contribution in [1.82, 2.24) is 5.32 Å². The Balaban J connectivity index is 1.65. The molecule has 0 aromatic heterocycles. The fraction of sp³-hybridized carbons (Fsp3) is 0.250. The van der Waals surface area contributed by atoms with E-state index in [-0.39, 0.29) is 30.1 Å². The van der Waals surface area contributed by atoms with Gasteiger partial charge in [0.25, 0.3) is 0 Å². The van der Waals surface area contributed by atoms with E-state index in [4.69, 9.17) is 23.2 Å². The number of hydrogen-bond donors (Lipinski definition) is 2. The molecule has 2 atom stereocenters. The van der Waals surface area contributed by atoms with Crippen LogP contribution in [-0.4, -0.2) is 17.7 Å². The van der Waals surface area contributed by atoms with Gasteiger partial charge in [-0.15, -0.1) is 0 Å². The van der Waals surface area contributed by atoms with Crippen LogP contribution < -0.4 is 10.6 Å². The molecular weight excluding hydrogens is 387 g/mol. The van der Waals surface area contributed by atoms with E-state index in [1.54, 1.807) is 37.3 Å². The number of nitrogens with one attached hydrogen (secondary N) is 2. The van der Waals surface area contributed by atoms with Crippen molar-refractivity contribution < 1.29 is 14.4 Å². The summed E-state index contributed by atoms with van der Waals surface area (Å²) in [6, 6.07) is 12.3. The minimum absolute atomic E-state index is 0.216. The second-order valence-electron chi connectivity index (χ2n) is 6.56. The number of carbonyl (C=O) groups is 3. The van der Waals surface area contributed by atoms with Crippen LogP contribution in [0.3, 0.4) is 0 Å². The first kappa shape index (κ1) is 19.4. The Hall–Kier alpha value is -2.37. The second-order valence-corrected chi connectivity index (χ2v) is 7.38. The minimum Gasteiger partial charge on any atom is -0.326 e. The van der Waals surface area contributed by atoms with Crippen LogP contribution in [0.15, 0.2) is 42.5 Å². The first-order valence-electron chi connectivity index (χ1n) is 8.52. The van der Waals surface area contributed by atoms with Crippen LogP contribution in [0.2, 0.25) is 10.0 Å². The second kappa shape index (κ2) is 8.11. The summed E-state index contributed by atoms with van der Waals surface area (Å²) in [6.45, 7) is 1.74. The summed E-state index contributed by atoms with van der Waals surface area (Å²) in [5.74, 6) is -1.54. The van der Waals surface area contributed by atoms with Crippen molar-refractivity contribution >= 4 is 46.6 Å². The zero-order valence-electron chi connectivity index (χ0n) is 14.6. The molecule has 0 aliphatic carbocycles. The van der Waals surface area contributed by atoms with Crippen molar-refractivity contribution in [3.05, 3.63) is 63.6 Å². The summed E-state index contributed by atoms with van der Waals surface area (Å²) >= 11 is 12.3. The SMILES string of the molecule is CC(C(=O)Nc1ccc(CC2CC(=O)NC2=O)cc1)c1c(Cl)cccc1Cl. The standard InChI is InChI=1S/C20H18Cl2N2O3/c1-11(18-15(21)3-2-4-16(18)22)19(26)23-14-7-5-12(6-8-14)9-13-10-17(25)24-20(13)27/h2-8,11,13H,9-10H2,1H3,(H,23,26)(H,24,25,27). The number of benzene rings is 2. The molecule has 1 aliphatic heterocycles. The van der Waals surface area contributed by atoms with Gasteiger partial charge in [-0.25, -0.2) is 0 Å². The molecule has 27 heavy (non-hydrogen) atoms. The van der Waals surface area contributed by atoms with Gasteiger partial charge in [0.2, 0.25) is 17.7 Å². The molecule has 5 nitrogen and oxygen atoms in total. The summed E-state index contributed by atoms with van der Waals surface area (Å²) in [4.78, 5) is 35.5. The summed E-state index contributed by atoms with van der Waals surface area (Å²) in [5.41, 5.74) is 2.14. The Morgan fingerprint density at radius 1 is 1.15 bits per heavy atom. The van der Waals surface area contributed by atoms with Crippen molar-refractivity contribution in [1.29, 1.82) is 0 Å². The molecule has 3 amide bonds. The van der Waals surface area contributed by atoms with E-state index < -0.39 is 5.92 Å². The lowest BCUT2D eigenvalue weighted by Crippen LogP contribution is -2.22. The third-order valence-electron chi connectivity index (χ3n) is 4.59. The number of rotatable bonds is 5. The Bertz CT molecular complexity index is 876. The fourth-order valence-electron chi connectivity index (χ4n) is 3.09. The largest absolute Gasteiger partial charge is 0.326 e. The van der Waals surface area contributed by atoms with Crippen molar-refractivity contribution in [3.8, 4) is 0 Å². The van der Waals surface area contributed by atoms with Gasteiger partial charge in [0, 0.05) is 27.7 Å². The van der Waals surface area contributed by atoms with E-state index in [0.717, 1.165) is 5.56 Å². The highest BCUT2D eigenvalue weighted by atomic mass is 35.5. The molecule has 1 heterocycles. The Morgan fingerprint density at radius 2 is 1.78 bits per heavy atom. The van der Waals surface area contributed by atoms with E-state index in [1.165, 1.54) is 0 Å². The van der Waals surface area contributed by atoms with Gasteiger partial charge in [-0.1, -0.05) is 41.4 Å². The number of imide groups is 1. The molecule has 2 unspecified atom stereocenters. The van der Waals surface area contributed by atoms with E-state index >= 15 is 0 Å². The lowest BCUT2D eigenvalue weighted by atomic mass is 9.97. The van der Waals surface area contributed by atoms with Gasteiger partial charge >= 0.3 is 0 Å². The van der Waals surface area contributed by atoms with E-state index in [0.29, 0.717) is 27.7 Å². The number of halogens is 2. The van der Waals surface area contributed by atoms with E-state index in [9.17, 15) is 14.4 Å². The quantitative estimate of drug-likeness (QED) is 0.740. The molecule has 140 valence electrons. The van der Waals surface area contributed by atoms with Crippen LogP contribution in [0.1, 0.15) is 30.4 Å². The lowest BCUT2D eigenvalue weighted by molar-refractivity contribution is -0.125. The normalized spacial score (nSPS) is 17.5. The molecule has 0 saturated carbocycles. The van der Waals surface area contributed by atoms with Gasteiger partial charge in [0.15, 0.2) is 0 Å². The smallest absolute Gasteiger partial charge is 0.231 e. The topological polar surface area (TPSA) is 75.3 Å². The van der Waals surface area contributed by atoms with E-state index in [2.05, 4.69) is 10.6 Å². The highest BCUT2D eigenvalue weighted by Gasteiger charge is 2.30. The van der Waals surface area contributed by atoms with Crippen LogP contribution in [0, 0.1) is 5.92 Å². The van der Waals surface area contributed by atoms with Crippen LogP contribution in [0.25, 0.3) is 0 Å². The van der Waals surface area contributed by atoms with Gasteiger partial charge in [0.1, 0.15) is 0 Å². The van der Waals surface area contributed by atoms with Crippen LogP contribution in [-0.2, 0) is 20.8 Å². The maximum absolute atomic E-state index is 12.5. The average Bonchev–Trinajstić information content (AvgIpc) is 2.93. The molecule has 2 N–H and O–H groups in total. The fourth-order valence-corrected chi connectivity index (χ4v) is 3.81. The maximum Gasteiger partial charge on any atom is 0.231 e. The Labute approximate surface area is 167 Å². The van der Waals surface area contributed by atoms with Gasteiger partial charge in [-0.05, 0) is 43.2 Å². The first-order chi connectivity index (χ1) is 12.8. The number of carbonyl (C=O) groups excluding carboxylic acids is 3. The summed E-state index contributed by atoms with van der Waals surface area (Å²) in [5, 5.41) is 6.04. The Morgan fingerprint density at radius 3 is 2.33 bits per heavy atom. The van der Waals surface area contributed by atoms with E-state index in [1.807, 2.05) is 12.1 Å². The lowest BCUT2D eigenvalue weighted by Gasteiger charge is -2.16. The zero-order valence-corrected chi connectivity index (χ0v) is 16.1. The molecule has 7 heteroatoms. The molecule has 0 spiro atoms. The van der Waals surface area contributed by atoms with Gasteiger partial charge in [-0.3, -0.25) is 19.7 Å². The van der Waals surface area contributed by atoms with Crippen LogP contribution in [0.4, 0.5) is 5.69 Å². The van der Waals surface area contributed by atoms with Gasteiger partial charge in [0.05, 0.1) is 11.8 Å². The third kappa shape index (κ3) is 4.49. The summed E-state index contributed by atoms with van der Waals surface area (Å²) < 4.78 is 0. The maximum atomic E-state index is 12.5. The monoisotopic (exact) mass is 404 g/mol. The van der Waals surface area contributed by atoms with Crippen molar-refractivity contribution in [2.45, 2.75) is 25.7 Å². The predicted octanol–water partition coefficient (Wildman–Crippen LogP) is 3.94. The molecule has 2 aromatic carbocycles. The van der Waals surface area contributed by atoms with Gasteiger partial charge < -0.3 is 5.32 Å². The highest BCUT2D eigenvalue weighted by Crippen LogP contribution is 2.32. The average molecular weight is 405 g/mol. The molecule has 1 fully saturated rings. The van der Waals surface area contributed by atoms with Gasteiger partial charge in [-0.2, -0.15) is 0 Å². The summed E-state index contributed by atoms with van der Waals surface area (Å²) in [7, 11) is 0. The number of hydrogen-bond acceptors (Lipinski definition) is 3.